The molecule has 7 heteroatoms. The number of sulfonamides is 1. The number of piperidine rings is 1. The van der Waals surface area contributed by atoms with Crippen LogP contribution in [0.2, 0.25) is 0 Å². The number of fused-ring (bicyclic) bond motifs is 1. The summed E-state index contributed by atoms with van der Waals surface area (Å²) in [5.74, 6) is -0.0718. The predicted molar refractivity (Wildman–Crippen MR) is 103 cm³/mol. The summed E-state index contributed by atoms with van der Waals surface area (Å²) in [7, 11) is -3.28. The average Bonchev–Trinajstić information content (AvgIpc) is 2.58. The van der Waals surface area contributed by atoms with Gasteiger partial charge >= 0.3 is 0 Å². The molecule has 1 N–H and O–H groups in total. The van der Waals surface area contributed by atoms with Crippen molar-refractivity contribution < 1.29 is 13.2 Å². The van der Waals surface area contributed by atoms with Crippen LogP contribution in [-0.4, -0.2) is 49.6 Å². The van der Waals surface area contributed by atoms with Gasteiger partial charge < -0.3 is 4.90 Å². The lowest BCUT2D eigenvalue weighted by Crippen LogP contribution is -2.49. The molecule has 1 aromatic carbocycles. The molecule has 26 heavy (non-hydrogen) atoms. The van der Waals surface area contributed by atoms with Gasteiger partial charge in [-0.3, -0.25) is 9.78 Å². The molecule has 1 amide bonds. The van der Waals surface area contributed by atoms with E-state index < -0.39 is 10.0 Å². The van der Waals surface area contributed by atoms with Gasteiger partial charge in [0.05, 0.1) is 23.0 Å². The van der Waals surface area contributed by atoms with E-state index in [1.165, 1.54) is 0 Å². The zero-order valence-corrected chi connectivity index (χ0v) is 16.3. The number of aryl methyl sites for hydroxylation is 2. The molecule has 1 saturated heterocycles. The summed E-state index contributed by atoms with van der Waals surface area (Å²) < 4.78 is 25.4. The minimum Gasteiger partial charge on any atom is -0.334 e. The van der Waals surface area contributed by atoms with Gasteiger partial charge in [-0.2, -0.15) is 0 Å². The Morgan fingerprint density at radius 1 is 1.27 bits per heavy atom. The smallest absolute Gasteiger partial charge is 0.256 e. The molecule has 0 radical (unpaired) electrons. The van der Waals surface area contributed by atoms with Crippen molar-refractivity contribution in [1.29, 1.82) is 0 Å². The second-order valence-electron chi connectivity index (χ2n) is 7.09. The highest BCUT2D eigenvalue weighted by Crippen LogP contribution is 2.23. The van der Waals surface area contributed by atoms with Gasteiger partial charge in [-0.1, -0.05) is 12.1 Å². The van der Waals surface area contributed by atoms with Crippen LogP contribution in [0.15, 0.2) is 24.3 Å². The monoisotopic (exact) mass is 375 g/mol. The Morgan fingerprint density at radius 3 is 2.77 bits per heavy atom. The Kier molecular flexibility index (Phi) is 5.29. The van der Waals surface area contributed by atoms with E-state index in [0.29, 0.717) is 17.8 Å². The first-order valence-electron chi connectivity index (χ1n) is 8.88. The van der Waals surface area contributed by atoms with Crippen LogP contribution in [0, 0.1) is 13.8 Å². The molecule has 1 unspecified atom stereocenters. The van der Waals surface area contributed by atoms with E-state index in [2.05, 4.69) is 9.71 Å². The molecule has 1 aromatic heterocycles. The van der Waals surface area contributed by atoms with E-state index in [9.17, 15) is 13.2 Å². The first kappa shape index (κ1) is 18.8. The predicted octanol–water partition coefficient (Wildman–Crippen LogP) is 2.40. The topological polar surface area (TPSA) is 79.4 Å². The summed E-state index contributed by atoms with van der Waals surface area (Å²) in [6.07, 6.45) is 3.86. The molecule has 1 fully saturated rings. The van der Waals surface area contributed by atoms with E-state index in [4.69, 9.17) is 0 Å². The summed E-state index contributed by atoms with van der Waals surface area (Å²) in [6, 6.07) is 7.77. The third kappa shape index (κ3) is 4.22. The summed E-state index contributed by atoms with van der Waals surface area (Å²) in [4.78, 5) is 19.6. The van der Waals surface area contributed by atoms with E-state index in [1.54, 1.807) is 4.90 Å². The molecular formula is C19H25N3O3S. The van der Waals surface area contributed by atoms with Crippen LogP contribution in [-0.2, 0) is 10.0 Å². The van der Waals surface area contributed by atoms with Gasteiger partial charge in [0.1, 0.15) is 0 Å². The maximum absolute atomic E-state index is 13.2. The number of carbonyl (C=O) groups is 1. The van der Waals surface area contributed by atoms with Crippen LogP contribution in [0.25, 0.3) is 10.9 Å². The minimum atomic E-state index is -3.28. The lowest BCUT2D eigenvalue weighted by atomic mass is 10.00. The molecule has 3 rings (SSSR count). The summed E-state index contributed by atoms with van der Waals surface area (Å²) in [5.41, 5.74) is 3.31. The molecule has 0 spiro atoms. The number of benzene rings is 1. The molecule has 140 valence electrons. The second-order valence-corrected chi connectivity index (χ2v) is 8.92. The number of hydrogen-bond acceptors (Lipinski definition) is 4. The number of aromatic nitrogens is 1. The van der Waals surface area contributed by atoms with Gasteiger partial charge in [0.2, 0.25) is 10.0 Å². The molecular weight excluding hydrogens is 350 g/mol. The zero-order chi connectivity index (χ0) is 18.9. The van der Waals surface area contributed by atoms with Crippen molar-refractivity contribution >= 4 is 26.8 Å². The number of rotatable bonds is 4. The minimum absolute atomic E-state index is 0.0718. The molecule has 1 aliphatic heterocycles. The third-order valence-corrected chi connectivity index (χ3v) is 5.55. The molecule has 0 aliphatic carbocycles. The maximum atomic E-state index is 13.2. The summed E-state index contributed by atoms with van der Waals surface area (Å²) in [5, 5.41) is 0.937. The van der Waals surface area contributed by atoms with E-state index in [1.807, 2.05) is 38.1 Å². The molecule has 1 aliphatic rings. The molecule has 2 aromatic rings. The normalized spacial score (nSPS) is 18.3. The van der Waals surface area contributed by atoms with Crippen LogP contribution >= 0.6 is 0 Å². The molecule has 6 nitrogen and oxygen atoms in total. The van der Waals surface area contributed by atoms with Crippen LogP contribution in [0.3, 0.4) is 0 Å². The van der Waals surface area contributed by atoms with Crippen LogP contribution in [0.1, 0.15) is 40.9 Å². The average molecular weight is 375 g/mol. The summed E-state index contributed by atoms with van der Waals surface area (Å²) in [6.45, 7) is 4.76. The highest BCUT2D eigenvalue weighted by atomic mass is 32.2. The standard InChI is InChI=1S/C19H25N3O3S/c1-13-7-8-15-11-17(14(2)21-18(15)10-13)19(23)22-9-5-4-6-16(22)12-20-26(3,24)25/h7-8,10-11,16,20H,4-6,9,12H2,1-3H3. The largest absolute Gasteiger partial charge is 0.334 e. The Bertz CT molecular complexity index is 940. The van der Waals surface area contributed by atoms with Crippen molar-refractivity contribution in [3.8, 4) is 0 Å². The zero-order valence-electron chi connectivity index (χ0n) is 15.4. The summed E-state index contributed by atoms with van der Waals surface area (Å²) >= 11 is 0. The highest BCUT2D eigenvalue weighted by molar-refractivity contribution is 7.88. The van der Waals surface area contributed by atoms with Gasteiger partial charge in [-0.05, 0) is 50.8 Å². The van der Waals surface area contributed by atoms with Crippen molar-refractivity contribution in [2.24, 2.45) is 0 Å². The lowest BCUT2D eigenvalue weighted by molar-refractivity contribution is 0.0617. The van der Waals surface area contributed by atoms with Crippen LogP contribution in [0.5, 0.6) is 0 Å². The Morgan fingerprint density at radius 2 is 2.04 bits per heavy atom. The number of nitrogens with zero attached hydrogens (tertiary/aromatic N) is 2. The molecule has 2 heterocycles. The van der Waals surface area contributed by atoms with Gasteiger partial charge in [-0.25, -0.2) is 13.1 Å². The highest BCUT2D eigenvalue weighted by Gasteiger charge is 2.29. The molecule has 0 bridgehead atoms. The fourth-order valence-corrected chi connectivity index (χ4v) is 3.97. The molecule has 1 atom stereocenters. The van der Waals surface area contributed by atoms with Crippen LogP contribution < -0.4 is 4.72 Å². The lowest BCUT2D eigenvalue weighted by Gasteiger charge is -2.36. The van der Waals surface area contributed by atoms with E-state index in [-0.39, 0.29) is 18.5 Å². The van der Waals surface area contributed by atoms with Gasteiger partial charge in [-0.15, -0.1) is 0 Å². The maximum Gasteiger partial charge on any atom is 0.256 e. The number of carbonyl (C=O) groups excluding carboxylic acids is 1. The Labute approximate surface area is 154 Å². The quantitative estimate of drug-likeness (QED) is 0.890. The SMILES string of the molecule is Cc1ccc2cc(C(=O)N3CCCCC3CNS(C)(=O)=O)c(C)nc2c1. The van der Waals surface area contributed by atoms with Crippen molar-refractivity contribution in [2.45, 2.75) is 39.2 Å². The van der Waals surface area contributed by atoms with Crippen LogP contribution in [0.4, 0.5) is 0 Å². The number of pyridine rings is 1. The van der Waals surface area contributed by atoms with Crippen molar-refractivity contribution in [1.82, 2.24) is 14.6 Å². The van der Waals surface area contributed by atoms with Crippen molar-refractivity contribution in [2.75, 3.05) is 19.3 Å². The van der Waals surface area contributed by atoms with Gasteiger partial charge in [0, 0.05) is 24.5 Å². The second kappa shape index (κ2) is 7.32. The molecule has 0 saturated carbocycles. The number of amides is 1. The fourth-order valence-electron chi connectivity index (χ4n) is 3.47. The first-order valence-corrected chi connectivity index (χ1v) is 10.8. The Balaban J connectivity index is 1.89. The first-order chi connectivity index (χ1) is 12.2. The van der Waals surface area contributed by atoms with Gasteiger partial charge in [0.15, 0.2) is 0 Å². The van der Waals surface area contributed by atoms with Crippen molar-refractivity contribution in [3.05, 3.63) is 41.1 Å². The third-order valence-electron chi connectivity index (χ3n) is 4.86. The van der Waals surface area contributed by atoms with E-state index in [0.717, 1.165) is 42.0 Å². The number of likely N-dealkylation sites (tertiary alicyclic amines) is 1. The fraction of sp³-hybridized carbons (Fsp3) is 0.474. The van der Waals surface area contributed by atoms with Crippen molar-refractivity contribution in [3.63, 3.8) is 0 Å². The van der Waals surface area contributed by atoms with Gasteiger partial charge in [0.25, 0.3) is 5.91 Å². The van der Waals surface area contributed by atoms with E-state index >= 15 is 0 Å². The number of nitrogens with one attached hydrogen (secondary N) is 1. The Hall–Kier alpha value is -1.99. The number of hydrogen-bond donors (Lipinski definition) is 1.